The van der Waals surface area contributed by atoms with Crippen molar-refractivity contribution >= 4 is 21.7 Å². The highest BCUT2D eigenvalue weighted by molar-refractivity contribution is 7.91. The van der Waals surface area contributed by atoms with E-state index in [2.05, 4.69) is 9.97 Å². The molecule has 31 heavy (non-hydrogen) atoms. The normalized spacial score (nSPS) is 20.3. The van der Waals surface area contributed by atoms with Crippen LogP contribution in [0.3, 0.4) is 0 Å². The van der Waals surface area contributed by atoms with Crippen LogP contribution in [0.1, 0.15) is 22.1 Å². The number of carbonyl (C=O) groups is 2. The van der Waals surface area contributed by atoms with E-state index in [9.17, 15) is 18.0 Å². The van der Waals surface area contributed by atoms with Crippen LogP contribution in [0.15, 0.2) is 48.9 Å². The summed E-state index contributed by atoms with van der Waals surface area (Å²) in [4.78, 5) is 39.5. The Kier molecular flexibility index (Phi) is 6.28. The minimum atomic E-state index is -3.05. The van der Waals surface area contributed by atoms with Crippen molar-refractivity contribution < 1.29 is 18.0 Å². The number of piperazine rings is 1. The summed E-state index contributed by atoms with van der Waals surface area (Å²) in [6.45, 7) is 2.33. The van der Waals surface area contributed by atoms with Gasteiger partial charge in [-0.05, 0) is 5.56 Å². The molecule has 0 N–H and O–H groups in total. The summed E-state index contributed by atoms with van der Waals surface area (Å²) >= 11 is 0. The number of carbonyl (C=O) groups excluding carboxylic acids is 2. The molecule has 0 saturated carbocycles. The van der Waals surface area contributed by atoms with Crippen molar-refractivity contribution in [3.63, 3.8) is 0 Å². The number of sulfone groups is 1. The SMILES string of the molecule is O=C(c1cnccn1)N1CCN(C(=O)C(c2ccccc2)N2CCS(=O)(=O)CC2)CC1. The van der Waals surface area contributed by atoms with E-state index in [4.69, 9.17) is 0 Å². The van der Waals surface area contributed by atoms with Crippen molar-refractivity contribution in [1.29, 1.82) is 0 Å². The average Bonchev–Trinajstić information content (AvgIpc) is 2.81. The van der Waals surface area contributed by atoms with E-state index in [1.807, 2.05) is 35.2 Å². The summed E-state index contributed by atoms with van der Waals surface area (Å²) in [5.74, 6) is -0.133. The molecule has 2 aliphatic heterocycles. The lowest BCUT2D eigenvalue weighted by molar-refractivity contribution is -0.138. The molecule has 2 amide bonds. The van der Waals surface area contributed by atoms with Crippen molar-refractivity contribution in [2.24, 2.45) is 0 Å². The lowest BCUT2D eigenvalue weighted by atomic mass is 10.0. The molecule has 1 aromatic heterocycles. The van der Waals surface area contributed by atoms with Crippen LogP contribution in [0.2, 0.25) is 0 Å². The van der Waals surface area contributed by atoms with Crippen molar-refractivity contribution in [3.8, 4) is 0 Å². The van der Waals surface area contributed by atoms with Crippen molar-refractivity contribution in [3.05, 3.63) is 60.2 Å². The standard InChI is InChI=1S/C21H25N5O4S/c27-20(18-16-22-6-7-23-18)25-8-10-26(11-9-25)21(28)19(17-4-2-1-3-5-17)24-12-14-31(29,30)15-13-24/h1-7,16,19H,8-15H2. The Bertz CT molecular complexity index is 1010. The van der Waals surface area contributed by atoms with E-state index in [0.717, 1.165) is 5.56 Å². The summed E-state index contributed by atoms with van der Waals surface area (Å²) in [5, 5.41) is 0. The number of nitrogens with zero attached hydrogens (tertiary/aromatic N) is 5. The van der Waals surface area contributed by atoms with E-state index in [1.165, 1.54) is 18.6 Å². The first-order valence-electron chi connectivity index (χ1n) is 10.3. The highest BCUT2D eigenvalue weighted by Gasteiger charge is 2.36. The first-order chi connectivity index (χ1) is 14.9. The molecule has 1 aromatic carbocycles. The maximum atomic E-state index is 13.5. The molecule has 0 bridgehead atoms. The van der Waals surface area contributed by atoms with Crippen LogP contribution < -0.4 is 0 Å². The minimum Gasteiger partial charge on any atom is -0.337 e. The zero-order chi connectivity index (χ0) is 21.8. The zero-order valence-electron chi connectivity index (χ0n) is 17.1. The average molecular weight is 444 g/mol. The van der Waals surface area contributed by atoms with Gasteiger partial charge in [0, 0.05) is 51.7 Å². The van der Waals surface area contributed by atoms with Crippen LogP contribution in [0.25, 0.3) is 0 Å². The fourth-order valence-corrected chi connectivity index (χ4v) is 5.23. The fourth-order valence-electron chi connectivity index (χ4n) is 4.00. The summed E-state index contributed by atoms with van der Waals surface area (Å²) in [6.07, 6.45) is 4.44. The third kappa shape index (κ3) is 4.91. The predicted molar refractivity (Wildman–Crippen MR) is 114 cm³/mol. The second-order valence-corrected chi connectivity index (χ2v) is 10.0. The van der Waals surface area contributed by atoms with Gasteiger partial charge in [0.15, 0.2) is 9.84 Å². The van der Waals surface area contributed by atoms with Gasteiger partial charge in [-0.2, -0.15) is 0 Å². The third-order valence-corrected chi connectivity index (χ3v) is 7.36. The summed E-state index contributed by atoms with van der Waals surface area (Å²) in [5.41, 5.74) is 1.14. The number of rotatable bonds is 4. The Hall–Kier alpha value is -2.85. The lowest BCUT2D eigenvalue weighted by Crippen LogP contribution is -2.54. The topological polar surface area (TPSA) is 104 Å². The van der Waals surface area contributed by atoms with Crippen LogP contribution in [0.5, 0.6) is 0 Å². The molecule has 0 radical (unpaired) electrons. The van der Waals surface area contributed by atoms with Crippen molar-refractivity contribution in [1.82, 2.24) is 24.7 Å². The van der Waals surface area contributed by atoms with E-state index in [-0.39, 0.29) is 23.3 Å². The van der Waals surface area contributed by atoms with Gasteiger partial charge in [-0.25, -0.2) is 13.4 Å². The predicted octanol–water partition coefficient (Wildman–Crippen LogP) is 0.233. The third-order valence-electron chi connectivity index (χ3n) is 5.75. The van der Waals surface area contributed by atoms with Gasteiger partial charge in [0.2, 0.25) is 5.91 Å². The quantitative estimate of drug-likeness (QED) is 0.666. The molecule has 9 nitrogen and oxygen atoms in total. The maximum Gasteiger partial charge on any atom is 0.274 e. The Morgan fingerprint density at radius 2 is 1.52 bits per heavy atom. The molecule has 3 heterocycles. The van der Waals surface area contributed by atoms with Gasteiger partial charge < -0.3 is 9.80 Å². The van der Waals surface area contributed by atoms with Gasteiger partial charge in [0.1, 0.15) is 11.7 Å². The zero-order valence-corrected chi connectivity index (χ0v) is 17.9. The summed E-state index contributed by atoms with van der Waals surface area (Å²) in [7, 11) is -3.05. The highest BCUT2D eigenvalue weighted by Crippen LogP contribution is 2.26. The molecule has 1 unspecified atom stereocenters. The molecule has 1 atom stereocenters. The molecule has 164 valence electrons. The number of hydrogen-bond acceptors (Lipinski definition) is 7. The number of benzene rings is 1. The first-order valence-corrected chi connectivity index (χ1v) is 12.1. The highest BCUT2D eigenvalue weighted by atomic mass is 32.2. The van der Waals surface area contributed by atoms with Crippen LogP contribution >= 0.6 is 0 Å². The fraction of sp³-hybridized carbons (Fsp3) is 0.429. The minimum absolute atomic E-state index is 0.0582. The largest absolute Gasteiger partial charge is 0.337 e. The maximum absolute atomic E-state index is 13.5. The molecular formula is C21H25N5O4S. The van der Waals surface area contributed by atoms with Crippen LogP contribution in [0, 0.1) is 0 Å². The Balaban J connectivity index is 1.46. The molecule has 0 aliphatic carbocycles. The second-order valence-electron chi connectivity index (χ2n) is 7.71. The number of amides is 2. The smallest absolute Gasteiger partial charge is 0.274 e. The Morgan fingerprint density at radius 3 is 2.13 bits per heavy atom. The Labute approximate surface area is 181 Å². The first kappa shape index (κ1) is 21.4. The van der Waals surface area contributed by atoms with Gasteiger partial charge in [0.25, 0.3) is 5.91 Å². The number of hydrogen-bond donors (Lipinski definition) is 0. The van der Waals surface area contributed by atoms with Gasteiger partial charge in [-0.1, -0.05) is 30.3 Å². The molecule has 10 heteroatoms. The van der Waals surface area contributed by atoms with Crippen molar-refractivity contribution in [2.75, 3.05) is 50.8 Å². The van der Waals surface area contributed by atoms with Gasteiger partial charge in [-0.15, -0.1) is 0 Å². The molecule has 2 aromatic rings. The van der Waals surface area contributed by atoms with Crippen LogP contribution in [0.4, 0.5) is 0 Å². The van der Waals surface area contributed by atoms with Crippen LogP contribution in [-0.4, -0.2) is 95.7 Å². The number of aromatic nitrogens is 2. The van der Waals surface area contributed by atoms with Crippen molar-refractivity contribution in [2.45, 2.75) is 6.04 Å². The summed E-state index contributed by atoms with van der Waals surface area (Å²) in [6, 6.07) is 8.93. The molecule has 0 spiro atoms. The molecule has 2 aliphatic rings. The van der Waals surface area contributed by atoms with Crippen LogP contribution in [-0.2, 0) is 14.6 Å². The van der Waals surface area contributed by atoms with E-state index >= 15 is 0 Å². The van der Waals surface area contributed by atoms with Gasteiger partial charge >= 0.3 is 0 Å². The Morgan fingerprint density at radius 1 is 0.871 bits per heavy atom. The monoisotopic (exact) mass is 443 g/mol. The summed E-state index contributed by atoms with van der Waals surface area (Å²) < 4.78 is 23.7. The van der Waals surface area contributed by atoms with E-state index < -0.39 is 15.9 Å². The molecule has 2 saturated heterocycles. The molecule has 4 rings (SSSR count). The molecule has 2 fully saturated rings. The second kappa shape index (κ2) is 9.11. The van der Waals surface area contributed by atoms with E-state index in [1.54, 1.807) is 9.80 Å². The van der Waals surface area contributed by atoms with E-state index in [0.29, 0.717) is 45.0 Å². The molecular weight excluding hydrogens is 418 g/mol. The van der Waals surface area contributed by atoms with Gasteiger partial charge in [0.05, 0.1) is 17.7 Å². The lowest BCUT2D eigenvalue weighted by Gasteiger charge is -2.40. The van der Waals surface area contributed by atoms with Gasteiger partial charge in [-0.3, -0.25) is 19.5 Å².